The average Bonchev–Trinajstić information content (AvgIpc) is 2.84. The Kier molecular flexibility index (Phi) is 4.73. The van der Waals surface area contributed by atoms with E-state index < -0.39 is 35.9 Å². The Bertz CT molecular complexity index is 623. The molecule has 0 aromatic heterocycles. The van der Waals surface area contributed by atoms with Crippen LogP contribution in [0.2, 0.25) is 0 Å². The molecule has 1 saturated carbocycles. The van der Waals surface area contributed by atoms with Gasteiger partial charge in [0.25, 0.3) is 0 Å². The van der Waals surface area contributed by atoms with Crippen molar-refractivity contribution < 1.29 is 38.7 Å². The molecule has 0 aromatic rings. The van der Waals surface area contributed by atoms with Gasteiger partial charge in [-0.15, -0.1) is 0 Å². The van der Waals surface area contributed by atoms with Crippen LogP contribution in [0.5, 0.6) is 0 Å². The van der Waals surface area contributed by atoms with Gasteiger partial charge in [0.1, 0.15) is 0 Å². The van der Waals surface area contributed by atoms with Crippen molar-refractivity contribution in [3.63, 3.8) is 0 Å². The lowest BCUT2D eigenvalue weighted by Gasteiger charge is -2.59. The van der Waals surface area contributed by atoms with Gasteiger partial charge in [0, 0.05) is 18.3 Å². The minimum Gasteiger partial charge on any atom is -0.481 e. The predicted molar refractivity (Wildman–Crippen MR) is 89.8 cm³/mol. The number of hydrogen-bond donors (Lipinski definition) is 1. The van der Waals surface area contributed by atoms with Crippen molar-refractivity contribution in [1.82, 2.24) is 0 Å². The largest absolute Gasteiger partial charge is 0.481 e. The van der Waals surface area contributed by atoms with Crippen molar-refractivity contribution in [1.29, 1.82) is 0 Å². The Morgan fingerprint density at radius 3 is 2.63 bits per heavy atom. The zero-order valence-electron chi connectivity index (χ0n) is 16.0. The number of aliphatic carboxylic acids is 1. The molecule has 4 aliphatic heterocycles. The van der Waals surface area contributed by atoms with Crippen molar-refractivity contribution in [2.24, 2.45) is 23.7 Å². The lowest BCUT2D eigenvalue weighted by Crippen LogP contribution is -2.70. The number of hydrogen-bond acceptors (Lipinski definition) is 7. The van der Waals surface area contributed by atoms with Gasteiger partial charge < -0.3 is 19.3 Å². The van der Waals surface area contributed by atoms with E-state index in [2.05, 4.69) is 6.92 Å². The maximum Gasteiger partial charge on any atom is 0.308 e. The molecule has 152 valence electrons. The number of rotatable bonds is 4. The molecule has 8 heteroatoms. The van der Waals surface area contributed by atoms with Crippen LogP contribution in [0.4, 0.5) is 0 Å². The molecule has 1 spiro atoms. The number of carbonyl (C=O) groups is 2. The van der Waals surface area contributed by atoms with Crippen molar-refractivity contribution in [2.45, 2.75) is 83.3 Å². The van der Waals surface area contributed by atoms with Gasteiger partial charge in [0.15, 0.2) is 11.9 Å². The molecule has 2 bridgehead atoms. The highest BCUT2D eigenvalue weighted by atomic mass is 17.3. The topological polar surface area (TPSA) is 101 Å². The molecule has 0 radical (unpaired) electrons. The molecular weight excluding hydrogens is 356 g/mol. The predicted octanol–water partition coefficient (Wildman–Crippen LogP) is 2.60. The highest BCUT2D eigenvalue weighted by Crippen LogP contribution is 2.60. The van der Waals surface area contributed by atoms with Crippen LogP contribution in [0.25, 0.3) is 0 Å². The van der Waals surface area contributed by atoms with Crippen molar-refractivity contribution in [2.75, 3.05) is 0 Å². The second kappa shape index (κ2) is 6.69. The van der Waals surface area contributed by atoms with E-state index in [1.807, 2.05) is 13.8 Å². The third-order valence-corrected chi connectivity index (χ3v) is 6.89. The molecule has 1 N–H and O–H groups in total. The van der Waals surface area contributed by atoms with Gasteiger partial charge >= 0.3 is 11.9 Å². The number of ether oxygens (including phenoxy) is 3. The van der Waals surface area contributed by atoms with Gasteiger partial charge in [-0.2, -0.15) is 0 Å². The molecule has 1 aliphatic carbocycles. The van der Waals surface area contributed by atoms with Gasteiger partial charge in [-0.25, -0.2) is 9.78 Å². The van der Waals surface area contributed by atoms with E-state index in [1.165, 1.54) is 0 Å². The van der Waals surface area contributed by atoms with Crippen LogP contribution in [-0.4, -0.2) is 41.0 Å². The molecule has 5 aliphatic rings. The summed E-state index contributed by atoms with van der Waals surface area (Å²) in [6.07, 6.45) is 1.72. The van der Waals surface area contributed by atoms with E-state index >= 15 is 0 Å². The first-order valence-electron chi connectivity index (χ1n) is 9.86. The fourth-order valence-electron chi connectivity index (χ4n) is 5.40. The molecule has 8 atom stereocenters. The lowest BCUT2D eigenvalue weighted by molar-refractivity contribution is -0.576. The summed E-state index contributed by atoms with van der Waals surface area (Å²) in [4.78, 5) is 34.5. The molecule has 27 heavy (non-hydrogen) atoms. The summed E-state index contributed by atoms with van der Waals surface area (Å²) in [7, 11) is 0. The summed E-state index contributed by atoms with van der Waals surface area (Å²) < 4.78 is 17.8. The Morgan fingerprint density at radius 2 is 1.89 bits per heavy atom. The van der Waals surface area contributed by atoms with Crippen molar-refractivity contribution >= 4 is 11.9 Å². The van der Waals surface area contributed by atoms with Crippen LogP contribution in [0, 0.1) is 23.7 Å². The second-order valence-corrected chi connectivity index (χ2v) is 8.66. The van der Waals surface area contributed by atoms with Gasteiger partial charge in [-0.05, 0) is 38.0 Å². The minimum absolute atomic E-state index is 0.0670. The summed E-state index contributed by atoms with van der Waals surface area (Å²) in [5, 5.41) is 8.76. The quantitative estimate of drug-likeness (QED) is 0.583. The smallest absolute Gasteiger partial charge is 0.308 e. The SMILES string of the molecule is C[C@@H]1CCC2[C@@H](C)[C@@H](OC(=O)CCC(=O)O)OC3OC4(C)CCC1C32OO4. The van der Waals surface area contributed by atoms with E-state index in [0.717, 1.165) is 19.3 Å². The average molecular weight is 384 g/mol. The lowest BCUT2D eigenvalue weighted by atomic mass is 9.58. The first kappa shape index (κ1) is 19.1. The molecule has 0 amide bonds. The van der Waals surface area contributed by atoms with Gasteiger partial charge in [0.2, 0.25) is 12.1 Å². The number of carboxylic acids is 1. The highest BCUT2D eigenvalue weighted by molar-refractivity contribution is 5.76. The summed E-state index contributed by atoms with van der Waals surface area (Å²) in [6, 6.07) is 0. The Balaban J connectivity index is 1.58. The molecule has 5 unspecified atom stereocenters. The minimum atomic E-state index is -1.03. The number of fused-ring (bicyclic) bond motifs is 2. The van der Waals surface area contributed by atoms with Gasteiger partial charge in [0.05, 0.1) is 12.8 Å². The van der Waals surface area contributed by atoms with Crippen molar-refractivity contribution in [3.8, 4) is 0 Å². The van der Waals surface area contributed by atoms with Crippen LogP contribution in [0.3, 0.4) is 0 Å². The number of carboxylic acid groups (broad SMARTS) is 1. The maximum atomic E-state index is 12.1. The first-order chi connectivity index (χ1) is 12.7. The zero-order valence-corrected chi connectivity index (χ0v) is 16.0. The Hall–Kier alpha value is -1.22. The van der Waals surface area contributed by atoms with Crippen LogP contribution in [0.15, 0.2) is 0 Å². The Labute approximate surface area is 158 Å². The van der Waals surface area contributed by atoms with Crippen molar-refractivity contribution in [3.05, 3.63) is 0 Å². The maximum absolute atomic E-state index is 12.1. The van der Waals surface area contributed by atoms with Crippen LogP contribution in [0.1, 0.15) is 59.3 Å². The van der Waals surface area contributed by atoms with Crippen LogP contribution >= 0.6 is 0 Å². The number of carbonyl (C=O) groups excluding carboxylic acids is 1. The first-order valence-corrected chi connectivity index (χ1v) is 9.86. The van der Waals surface area contributed by atoms with Gasteiger partial charge in [-0.1, -0.05) is 13.8 Å². The summed E-state index contributed by atoms with van der Waals surface area (Å²) >= 11 is 0. The summed E-state index contributed by atoms with van der Waals surface area (Å²) in [5.41, 5.74) is -0.697. The van der Waals surface area contributed by atoms with E-state index in [-0.39, 0.29) is 30.6 Å². The zero-order chi connectivity index (χ0) is 19.4. The van der Waals surface area contributed by atoms with Crippen LogP contribution in [-0.2, 0) is 33.6 Å². The third-order valence-electron chi connectivity index (χ3n) is 6.89. The molecule has 5 rings (SSSR count). The van der Waals surface area contributed by atoms with Gasteiger partial charge in [-0.3, -0.25) is 9.59 Å². The molecule has 5 fully saturated rings. The molecule has 4 heterocycles. The standard InChI is InChI=1S/C19H28O8/c1-10-4-5-13-11(2)16(23-15(22)7-6-14(20)21)24-17-19(13)12(10)8-9-18(3,25-17)26-27-19/h10-13,16-17H,4-9H2,1-3H3,(H,20,21)/t10-,11-,12?,13?,16+,17?,18?,19?/m1/s1. The highest BCUT2D eigenvalue weighted by Gasteiger charge is 2.69. The third kappa shape index (κ3) is 3.06. The Morgan fingerprint density at radius 1 is 1.11 bits per heavy atom. The molecular formula is C19H28O8. The van der Waals surface area contributed by atoms with E-state index in [9.17, 15) is 9.59 Å². The molecule has 8 nitrogen and oxygen atoms in total. The molecule has 0 aromatic carbocycles. The summed E-state index contributed by atoms with van der Waals surface area (Å²) in [6.45, 7) is 6.06. The summed E-state index contributed by atoms with van der Waals surface area (Å²) in [5.74, 6) is -1.82. The fraction of sp³-hybridized carbons (Fsp3) is 0.895. The monoisotopic (exact) mass is 384 g/mol. The number of esters is 1. The normalized spacial score (nSPS) is 48.4. The van der Waals surface area contributed by atoms with E-state index in [4.69, 9.17) is 29.1 Å². The van der Waals surface area contributed by atoms with E-state index in [0.29, 0.717) is 12.3 Å². The van der Waals surface area contributed by atoms with Crippen LogP contribution < -0.4 is 0 Å². The second-order valence-electron chi connectivity index (χ2n) is 8.66. The molecule has 4 saturated heterocycles. The fourth-order valence-corrected chi connectivity index (χ4v) is 5.40. The van der Waals surface area contributed by atoms with E-state index in [1.54, 1.807) is 0 Å².